The number of imidazole rings is 1. The summed E-state index contributed by atoms with van der Waals surface area (Å²) in [6.45, 7) is 0. The molecule has 1 N–H and O–H groups in total. The van der Waals surface area contributed by atoms with Crippen LogP contribution in [0.15, 0.2) is 65.6 Å². The summed E-state index contributed by atoms with van der Waals surface area (Å²) in [5.41, 5.74) is 0.529. The number of allylic oxidation sites excluding steroid dienone is 4. The van der Waals surface area contributed by atoms with Gasteiger partial charge in [0.25, 0.3) is 10.0 Å². The number of aryl methyl sites for hydroxylation is 1. The van der Waals surface area contributed by atoms with Crippen LogP contribution in [0.2, 0.25) is 0 Å². The number of nitrogens with one attached hydrogen (secondary N) is 1. The maximum Gasteiger partial charge on any atom is 0.280 e. The first-order chi connectivity index (χ1) is 15.3. The van der Waals surface area contributed by atoms with E-state index in [4.69, 9.17) is 14.2 Å². The molecule has 0 spiro atoms. The van der Waals surface area contributed by atoms with Crippen LogP contribution in [-0.2, 0) is 17.1 Å². The summed E-state index contributed by atoms with van der Waals surface area (Å²) in [6, 6.07) is 5.11. The number of hydrogen-bond acceptors (Lipinski definition) is 7. The summed E-state index contributed by atoms with van der Waals surface area (Å²) in [5.74, 6) is 1.82. The quantitative estimate of drug-likeness (QED) is 0.578. The lowest BCUT2D eigenvalue weighted by molar-refractivity contribution is 0.310. The first-order valence-corrected chi connectivity index (χ1v) is 11.0. The second kappa shape index (κ2) is 8.50. The number of sulfonamides is 1. The summed E-state index contributed by atoms with van der Waals surface area (Å²) < 4.78 is 59.9. The molecule has 11 heteroatoms. The molecule has 3 aromatic rings. The van der Waals surface area contributed by atoms with E-state index in [-0.39, 0.29) is 17.1 Å². The molecule has 0 amide bonds. The fourth-order valence-electron chi connectivity index (χ4n) is 3.23. The average Bonchev–Trinajstić information content (AvgIpc) is 3.22. The minimum Gasteiger partial charge on any atom is -0.493 e. The summed E-state index contributed by atoms with van der Waals surface area (Å²) in [4.78, 5) is 8.11. The molecule has 0 saturated carbocycles. The van der Waals surface area contributed by atoms with Crippen LogP contribution in [0, 0.1) is 0 Å². The van der Waals surface area contributed by atoms with Gasteiger partial charge in [-0.2, -0.15) is 8.42 Å². The first kappa shape index (κ1) is 21.6. The molecule has 4 rings (SSSR count). The van der Waals surface area contributed by atoms with Gasteiger partial charge in [0.05, 0.1) is 31.8 Å². The normalized spacial score (nSPS) is 16.3. The zero-order chi connectivity index (χ0) is 22.9. The van der Waals surface area contributed by atoms with Gasteiger partial charge in [0.1, 0.15) is 17.7 Å². The molecule has 32 heavy (non-hydrogen) atoms. The topological polar surface area (TPSA) is 105 Å². The number of ether oxygens (including phenoxy) is 3. The van der Waals surface area contributed by atoms with Gasteiger partial charge in [-0.3, -0.25) is 9.71 Å². The summed E-state index contributed by atoms with van der Waals surface area (Å²) >= 11 is 0. The van der Waals surface area contributed by atoms with Crippen molar-refractivity contribution in [3.05, 3.63) is 60.5 Å². The van der Waals surface area contributed by atoms with E-state index in [1.807, 2.05) is 0 Å². The molecule has 2 aromatic heterocycles. The molecule has 0 saturated heterocycles. The van der Waals surface area contributed by atoms with Gasteiger partial charge in [-0.1, -0.05) is 0 Å². The van der Waals surface area contributed by atoms with Crippen molar-refractivity contribution in [3.8, 4) is 17.2 Å². The number of hydrogen-bond donors (Lipinski definition) is 1. The lowest BCUT2D eigenvalue weighted by Crippen LogP contribution is -2.30. The average molecular weight is 460 g/mol. The molecule has 9 nitrogen and oxygen atoms in total. The van der Waals surface area contributed by atoms with E-state index in [1.54, 1.807) is 31.4 Å². The van der Waals surface area contributed by atoms with Gasteiger partial charge >= 0.3 is 0 Å². The van der Waals surface area contributed by atoms with E-state index in [9.17, 15) is 12.8 Å². The van der Waals surface area contributed by atoms with Gasteiger partial charge in [-0.15, -0.1) is 0 Å². The molecule has 1 atom stereocenters. The molecule has 1 aliphatic carbocycles. The van der Waals surface area contributed by atoms with Crippen molar-refractivity contribution < 1.29 is 27.0 Å². The predicted octanol–water partition coefficient (Wildman–Crippen LogP) is 2.85. The van der Waals surface area contributed by atoms with Crippen LogP contribution in [0.3, 0.4) is 0 Å². The zero-order valence-electron chi connectivity index (χ0n) is 17.6. The number of methoxy groups -OCH3 is 2. The standard InChI is InChI=1S/C21H21FN4O5S/c1-26-11-21(24-12-26)32(27,28)25-16-5-4-13(8-15(16)22)31-18-6-7-23-17-10-20(30-3)19(29-2)9-14(17)18/h4-7,9-12,15,25H,8H2,1-3H3. The minimum atomic E-state index is -3.99. The number of benzene rings is 1. The van der Waals surface area contributed by atoms with E-state index >= 15 is 0 Å². The van der Waals surface area contributed by atoms with Crippen LogP contribution in [-0.4, -0.2) is 43.3 Å². The van der Waals surface area contributed by atoms with Gasteiger partial charge in [0, 0.05) is 37.3 Å². The number of halogens is 1. The van der Waals surface area contributed by atoms with Crippen molar-refractivity contribution in [3.63, 3.8) is 0 Å². The Morgan fingerprint density at radius 3 is 2.53 bits per heavy atom. The van der Waals surface area contributed by atoms with Crippen molar-refractivity contribution in [2.45, 2.75) is 17.6 Å². The molecule has 0 aliphatic heterocycles. The Morgan fingerprint density at radius 1 is 1.12 bits per heavy atom. The lowest BCUT2D eigenvalue weighted by Gasteiger charge is -2.20. The Kier molecular flexibility index (Phi) is 5.74. The molecule has 0 radical (unpaired) electrons. The fraction of sp³-hybridized carbons (Fsp3) is 0.238. The van der Waals surface area contributed by atoms with Crippen molar-refractivity contribution in [1.29, 1.82) is 0 Å². The minimum absolute atomic E-state index is 0.0889. The Balaban J connectivity index is 1.59. The molecule has 1 aliphatic rings. The highest BCUT2D eigenvalue weighted by Crippen LogP contribution is 2.36. The van der Waals surface area contributed by atoms with Crippen LogP contribution >= 0.6 is 0 Å². The molecule has 1 unspecified atom stereocenters. The van der Waals surface area contributed by atoms with E-state index in [0.717, 1.165) is 0 Å². The van der Waals surface area contributed by atoms with Gasteiger partial charge in [0.15, 0.2) is 16.5 Å². The van der Waals surface area contributed by atoms with Gasteiger partial charge in [-0.05, 0) is 24.3 Å². The van der Waals surface area contributed by atoms with Crippen LogP contribution in [0.25, 0.3) is 10.9 Å². The monoisotopic (exact) mass is 460 g/mol. The third kappa shape index (κ3) is 4.24. The Labute approximate surface area is 184 Å². The number of aromatic nitrogens is 3. The lowest BCUT2D eigenvalue weighted by atomic mass is 10.1. The van der Waals surface area contributed by atoms with Gasteiger partial charge < -0.3 is 18.8 Å². The van der Waals surface area contributed by atoms with Crippen molar-refractivity contribution >= 4 is 20.9 Å². The Morgan fingerprint density at radius 2 is 1.88 bits per heavy atom. The second-order valence-electron chi connectivity index (χ2n) is 7.05. The number of rotatable bonds is 7. The van der Waals surface area contributed by atoms with Crippen molar-refractivity contribution in [2.75, 3.05) is 14.2 Å². The highest BCUT2D eigenvalue weighted by Gasteiger charge is 2.26. The van der Waals surface area contributed by atoms with Gasteiger partial charge in [0.2, 0.25) is 0 Å². The fourth-order valence-corrected chi connectivity index (χ4v) is 4.33. The van der Waals surface area contributed by atoms with E-state index in [2.05, 4.69) is 14.7 Å². The summed E-state index contributed by atoms with van der Waals surface area (Å²) in [6.07, 6.45) is 5.38. The highest BCUT2D eigenvalue weighted by molar-refractivity contribution is 7.89. The second-order valence-corrected chi connectivity index (χ2v) is 8.67. The smallest absolute Gasteiger partial charge is 0.280 e. The SMILES string of the molecule is COc1cc2nccc(OC3=CC=C(NS(=O)(=O)c4cn(C)cn4)C(F)C3)c2cc1OC. The van der Waals surface area contributed by atoms with Crippen LogP contribution in [0.1, 0.15) is 6.42 Å². The molecule has 0 fully saturated rings. The molecule has 1 aromatic carbocycles. The molecular weight excluding hydrogens is 439 g/mol. The van der Waals surface area contributed by atoms with Crippen molar-refractivity contribution in [2.24, 2.45) is 7.05 Å². The molecule has 0 bridgehead atoms. The highest BCUT2D eigenvalue weighted by atomic mass is 32.2. The number of fused-ring (bicyclic) bond motifs is 1. The number of nitrogens with zero attached hydrogens (tertiary/aromatic N) is 3. The molecule has 168 valence electrons. The zero-order valence-corrected chi connectivity index (χ0v) is 18.4. The molecule has 2 heterocycles. The maximum absolute atomic E-state index is 14.8. The van der Waals surface area contributed by atoms with Crippen LogP contribution < -0.4 is 18.9 Å². The third-order valence-electron chi connectivity index (χ3n) is 4.82. The first-order valence-electron chi connectivity index (χ1n) is 9.55. The maximum atomic E-state index is 14.8. The van der Waals surface area contributed by atoms with E-state index in [1.165, 1.54) is 43.5 Å². The largest absolute Gasteiger partial charge is 0.493 e. The summed E-state index contributed by atoms with van der Waals surface area (Å²) in [5, 5.41) is 0.471. The van der Waals surface area contributed by atoms with Gasteiger partial charge in [-0.25, -0.2) is 9.37 Å². The van der Waals surface area contributed by atoms with Crippen LogP contribution in [0.5, 0.6) is 17.2 Å². The Hall–Kier alpha value is -3.60. The van der Waals surface area contributed by atoms with E-state index < -0.39 is 16.2 Å². The Bertz CT molecular complexity index is 1330. The van der Waals surface area contributed by atoms with Crippen molar-refractivity contribution in [1.82, 2.24) is 19.3 Å². The molecular formula is C21H21FN4O5S. The number of alkyl halides is 1. The van der Waals surface area contributed by atoms with Crippen LogP contribution in [0.4, 0.5) is 4.39 Å². The summed E-state index contributed by atoms with van der Waals surface area (Å²) in [7, 11) is 0.714. The third-order valence-corrected chi connectivity index (χ3v) is 6.09. The number of pyridine rings is 1. The predicted molar refractivity (Wildman–Crippen MR) is 115 cm³/mol. The van der Waals surface area contributed by atoms with E-state index in [0.29, 0.717) is 33.9 Å².